The lowest BCUT2D eigenvalue weighted by molar-refractivity contribution is 0.133. The quantitative estimate of drug-likeness (QED) is 0.757. The number of likely N-dealkylation sites (tertiary alicyclic amines) is 1. The number of hydrogen-bond donors (Lipinski definition) is 1. The van der Waals surface area contributed by atoms with Crippen LogP contribution >= 0.6 is 0 Å². The maximum atomic E-state index is 13.6. The van der Waals surface area contributed by atoms with Crippen LogP contribution in [-0.2, 0) is 6.54 Å². The molecular formula is C16H14F2N4. The molecular weight excluding hydrogens is 286 g/mol. The van der Waals surface area contributed by atoms with Gasteiger partial charge in [0.25, 0.3) is 0 Å². The minimum absolute atomic E-state index is 0.308. The molecule has 0 aliphatic carbocycles. The molecule has 0 radical (unpaired) electrons. The van der Waals surface area contributed by atoms with Gasteiger partial charge in [-0.1, -0.05) is 12.1 Å². The first-order valence-corrected chi connectivity index (χ1v) is 7.16. The van der Waals surface area contributed by atoms with Crippen molar-refractivity contribution in [3.63, 3.8) is 0 Å². The first kappa shape index (κ1) is 13.3. The van der Waals surface area contributed by atoms with Gasteiger partial charge in [-0.3, -0.25) is 4.90 Å². The van der Waals surface area contributed by atoms with Gasteiger partial charge in [-0.25, -0.2) is 14.4 Å². The number of halogens is 2. The van der Waals surface area contributed by atoms with Gasteiger partial charge in [0.05, 0.1) is 17.2 Å². The molecule has 0 atom stereocenters. The second-order valence-electron chi connectivity index (χ2n) is 5.63. The summed E-state index contributed by atoms with van der Waals surface area (Å²) in [6, 6.07) is 9.06. The molecule has 22 heavy (non-hydrogen) atoms. The fourth-order valence-corrected chi connectivity index (χ4v) is 2.85. The molecule has 3 aromatic rings. The number of benzene rings is 1. The molecule has 4 rings (SSSR count). The molecule has 112 valence electrons. The van der Waals surface area contributed by atoms with Gasteiger partial charge >= 0.3 is 0 Å². The summed E-state index contributed by atoms with van der Waals surface area (Å²) in [5.41, 5.74) is 2.33. The van der Waals surface area contributed by atoms with Crippen LogP contribution in [0.15, 0.2) is 36.5 Å². The lowest BCUT2D eigenvalue weighted by Crippen LogP contribution is -2.44. The van der Waals surface area contributed by atoms with E-state index in [0.717, 1.165) is 42.2 Å². The third kappa shape index (κ3) is 2.35. The SMILES string of the molecule is Fc1cc(CN2CC(c3nc4ccccc4[nH]3)C2)c(F)cn1. The van der Waals surface area contributed by atoms with Gasteiger partial charge < -0.3 is 4.98 Å². The average Bonchev–Trinajstić information content (AvgIpc) is 2.89. The van der Waals surface area contributed by atoms with Crippen molar-refractivity contribution >= 4 is 11.0 Å². The van der Waals surface area contributed by atoms with Crippen LogP contribution in [0.5, 0.6) is 0 Å². The van der Waals surface area contributed by atoms with Gasteiger partial charge in [0.1, 0.15) is 11.6 Å². The number of pyridine rings is 1. The number of para-hydroxylation sites is 2. The summed E-state index contributed by atoms with van der Waals surface area (Å²) in [4.78, 5) is 13.3. The number of hydrogen-bond acceptors (Lipinski definition) is 3. The summed E-state index contributed by atoms with van der Waals surface area (Å²) >= 11 is 0. The van der Waals surface area contributed by atoms with E-state index in [2.05, 4.69) is 19.9 Å². The van der Waals surface area contributed by atoms with Crippen LogP contribution in [0.4, 0.5) is 8.78 Å². The lowest BCUT2D eigenvalue weighted by atomic mass is 9.98. The minimum atomic E-state index is -0.647. The number of imidazole rings is 1. The summed E-state index contributed by atoms with van der Waals surface area (Å²) < 4.78 is 26.6. The minimum Gasteiger partial charge on any atom is -0.342 e. The van der Waals surface area contributed by atoms with E-state index in [1.165, 1.54) is 0 Å². The molecule has 0 unspecified atom stereocenters. The molecule has 0 saturated carbocycles. The van der Waals surface area contributed by atoms with Gasteiger partial charge in [-0.15, -0.1) is 0 Å². The van der Waals surface area contributed by atoms with E-state index >= 15 is 0 Å². The normalized spacial score (nSPS) is 16.1. The summed E-state index contributed by atoms with van der Waals surface area (Å²) in [5.74, 6) is 0.153. The Balaban J connectivity index is 1.44. The molecule has 2 aromatic heterocycles. The average molecular weight is 300 g/mol. The van der Waals surface area contributed by atoms with Crippen molar-refractivity contribution in [2.75, 3.05) is 13.1 Å². The van der Waals surface area contributed by atoms with E-state index in [0.29, 0.717) is 18.0 Å². The van der Waals surface area contributed by atoms with E-state index < -0.39 is 11.8 Å². The predicted octanol–water partition coefficient (Wildman–Crippen LogP) is 2.84. The van der Waals surface area contributed by atoms with Crippen LogP contribution < -0.4 is 0 Å². The Hall–Kier alpha value is -2.34. The summed E-state index contributed by atoms with van der Waals surface area (Å²) in [6.45, 7) is 1.95. The number of fused-ring (bicyclic) bond motifs is 1. The van der Waals surface area contributed by atoms with Gasteiger partial charge in [0.2, 0.25) is 5.95 Å². The Morgan fingerprint density at radius 1 is 1.23 bits per heavy atom. The second-order valence-corrected chi connectivity index (χ2v) is 5.63. The largest absolute Gasteiger partial charge is 0.342 e. The molecule has 1 fully saturated rings. The highest BCUT2D eigenvalue weighted by Crippen LogP contribution is 2.28. The van der Waals surface area contributed by atoms with Crippen molar-refractivity contribution in [2.45, 2.75) is 12.5 Å². The molecule has 0 amide bonds. The van der Waals surface area contributed by atoms with Gasteiger partial charge in [0.15, 0.2) is 0 Å². The summed E-state index contributed by atoms with van der Waals surface area (Å²) in [6.07, 6.45) is 0.932. The van der Waals surface area contributed by atoms with Crippen LogP contribution in [0.2, 0.25) is 0 Å². The van der Waals surface area contributed by atoms with E-state index in [9.17, 15) is 8.78 Å². The Labute approximate surface area is 125 Å². The highest BCUT2D eigenvalue weighted by molar-refractivity contribution is 5.74. The predicted molar refractivity (Wildman–Crippen MR) is 78.3 cm³/mol. The molecule has 1 saturated heterocycles. The maximum absolute atomic E-state index is 13.6. The van der Waals surface area contributed by atoms with Crippen LogP contribution in [0.1, 0.15) is 17.3 Å². The zero-order chi connectivity index (χ0) is 15.1. The number of nitrogens with one attached hydrogen (secondary N) is 1. The van der Waals surface area contributed by atoms with Crippen LogP contribution in [0.25, 0.3) is 11.0 Å². The summed E-state index contributed by atoms with van der Waals surface area (Å²) in [5, 5.41) is 0. The fourth-order valence-electron chi connectivity index (χ4n) is 2.85. The van der Waals surface area contributed by atoms with Crippen molar-refractivity contribution in [1.82, 2.24) is 19.9 Å². The first-order chi connectivity index (χ1) is 10.7. The third-order valence-electron chi connectivity index (χ3n) is 4.05. The lowest BCUT2D eigenvalue weighted by Gasteiger charge is -2.38. The number of aromatic amines is 1. The van der Waals surface area contributed by atoms with Crippen molar-refractivity contribution in [1.29, 1.82) is 0 Å². The number of H-pyrrole nitrogens is 1. The van der Waals surface area contributed by atoms with Crippen molar-refractivity contribution in [2.24, 2.45) is 0 Å². The van der Waals surface area contributed by atoms with E-state index in [4.69, 9.17) is 0 Å². The highest BCUT2D eigenvalue weighted by atomic mass is 19.1. The van der Waals surface area contributed by atoms with Crippen LogP contribution in [0.3, 0.4) is 0 Å². The molecule has 1 aliphatic rings. The second kappa shape index (κ2) is 5.14. The van der Waals surface area contributed by atoms with E-state index in [-0.39, 0.29) is 0 Å². The molecule has 6 heteroatoms. The van der Waals surface area contributed by atoms with E-state index in [1.54, 1.807) is 0 Å². The number of aromatic nitrogens is 3. The zero-order valence-corrected chi connectivity index (χ0v) is 11.8. The Bertz CT molecular complexity index is 791. The molecule has 0 bridgehead atoms. The van der Waals surface area contributed by atoms with Gasteiger partial charge in [0, 0.05) is 37.2 Å². The molecule has 3 heterocycles. The number of rotatable bonds is 3. The third-order valence-corrected chi connectivity index (χ3v) is 4.05. The van der Waals surface area contributed by atoms with Crippen molar-refractivity contribution < 1.29 is 8.78 Å². The Morgan fingerprint density at radius 2 is 2.05 bits per heavy atom. The highest BCUT2D eigenvalue weighted by Gasteiger charge is 2.30. The van der Waals surface area contributed by atoms with Crippen LogP contribution in [0, 0.1) is 11.8 Å². The maximum Gasteiger partial charge on any atom is 0.213 e. The first-order valence-electron chi connectivity index (χ1n) is 7.16. The van der Waals surface area contributed by atoms with Gasteiger partial charge in [-0.2, -0.15) is 4.39 Å². The molecule has 4 nitrogen and oxygen atoms in total. The number of nitrogens with zero attached hydrogens (tertiary/aromatic N) is 3. The van der Waals surface area contributed by atoms with Crippen molar-refractivity contribution in [3.8, 4) is 0 Å². The molecule has 0 spiro atoms. The molecule has 1 aromatic carbocycles. The monoisotopic (exact) mass is 300 g/mol. The topological polar surface area (TPSA) is 44.8 Å². The Kier molecular flexibility index (Phi) is 3.11. The van der Waals surface area contributed by atoms with Crippen LogP contribution in [-0.4, -0.2) is 32.9 Å². The Morgan fingerprint density at radius 3 is 2.86 bits per heavy atom. The summed E-state index contributed by atoms with van der Waals surface area (Å²) in [7, 11) is 0. The fraction of sp³-hybridized carbons (Fsp3) is 0.250. The zero-order valence-electron chi connectivity index (χ0n) is 11.8. The molecule has 1 N–H and O–H groups in total. The van der Waals surface area contributed by atoms with Crippen molar-refractivity contribution in [3.05, 3.63) is 59.7 Å². The molecule has 1 aliphatic heterocycles. The van der Waals surface area contributed by atoms with E-state index in [1.807, 2.05) is 24.3 Å². The standard InChI is InChI=1S/C16H14F2N4/c17-12-6-19-15(18)5-10(12)7-22-8-11(9-22)16-20-13-3-1-2-4-14(13)21-16/h1-6,11H,7-9H2,(H,20,21). The smallest absolute Gasteiger partial charge is 0.213 e. The van der Waals surface area contributed by atoms with Gasteiger partial charge in [-0.05, 0) is 12.1 Å².